The van der Waals surface area contributed by atoms with E-state index in [9.17, 15) is 18.0 Å². The molecule has 3 rings (SSSR count). The number of rotatable bonds is 5. The van der Waals surface area contributed by atoms with Gasteiger partial charge in [0.2, 0.25) is 0 Å². The first kappa shape index (κ1) is 18.9. The number of aromatic nitrogens is 2. The average molecular weight is 383 g/mol. The predicted molar refractivity (Wildman–Crippen MR) is 93.7 cm³/mol. The molecule has 7 nitrogen and oxygen atoms in total. The molecule has 10 heteroatoms. The summed E-state index contributed by atoms with van der Waals surface area (Å²) in [6.07, 6.45) is -2.08. The summed E-state index contributed by atoms with van der Waals surface area (Å²) in [4.78, 5) is 14.0. The highest BCUT2D eigenvalue weighted by atomic mass is 19.4. The van der Waals surface area contributed by atoms with Crippen LogP contribution in [0.4, 0.5) is 29.5 Å². The molecule has 0 saturated carbocycles. The molecule has 1 aliphatic heterocycles. The Bertz CT molecular complexity index is 776. The Kier molecular flexibility index (Phi) is 5.43. The number of carbonyl (C=O) groups is 1. The van der Waals surface area contributed by atoms with Gasteiger partial charge in [0.15, 0.2) is 5.82 Å². The molecule has 0 radical (unpaired) electrons. The van der Waals surface area contributed by atoms with Crippen molar-refractivity contribution in [3.05, 3.63) is 36.5 Å². The standard InChI is InChI=1S/C17H20F3N5O2/c1-24-8-7-15(23-24)22-16(26)21-10-12-6-9-25(11-12)13-2-4-14(5-3-13)27-17(18,19)20/h2-5,7-8,12H,6,9-11H2,1H3,(H2,21,22,23,26). The summed E-state index contributed by atoms with van der Waals surface area (Å²) < 4.78 is 42.1. The van der Waals surface area contributed by atoms with Crippen LogP contribution in [0.5, 0.6) is 5.75 Å². The second-order valence-corrected chi connectivity index (χ2v) is 6.35. The van der Waals surface area contributed by atoms with E-state index < -0.39 is 6.36 Å². The predicted octanol–water partition coefficient (Wildman–Crippen LogP) is 2.97. The van der Waals surface area contributed by atoms with E-state index >= 15 is 0 Å². The molecule has 0 aliphatic carbocycles. The average Bonchev–Trinajstić information content (AvgIpc) is 3.21. The Morgan fingerprint density at radius 3 is 2.67 bits per heavy atom. The van der Waals surface area contributed by atoms with Crippen LogP contribution in [0.2, 0.25) is 0 Å². The second-order valence-electron chi connectivity index (χ2n) is 6.35. The van der Waals surface area contributed by atoms with Crippen LogP contribution in [0, 0.1) is 5.92 Å². The fourth-order valence-electron chi connectivity index (χ4n) is 2.97. The van der Waals surface area contributed by atoms with Crippen molar-refractivity contribution < 1.29 is 22.7 Å². The van der Waals surface area contributed by atoms with Crippen molar-refractivity contribution in [3.8, 4) is 5.75 Å². The van der Waals surface area contributed by atoms with Crippen LogP contribution in [0.25, 0.3) is 0 Å². The molecule has 146 valence electrons. The maximum absolute atomic E-state index is 12.2. The highest BCUT2D eigenvalue weighted by Gasteiger charge is 2.31. The molecule has 1 saturated heterocycles. The molecule has 0 bridgehead atoms. The van der Waals surface area contributed by atoms with Crippen molar-refractivity contribution in [1.29, 1.82) is 0 Å². The summed E-state index contributed by atoms with van der Waals surface area (Å²) >= 11 is 0. The number of anilines is 2. The van der Waals surface area contributed by atoms with Gasteiger partial charge in [0.1, 0.15) is 5.75 Å². The lowest BCUT2D eigenvalue weighted by molar-refractivity contribution is -0.274. The van der Waals surface area contributed by atoms with Gasteiger partial charge in [0, 0.05) is 44.6 Å². The zero-order chi connectivity index (χ0) is 19.4. The Labute approximate surface area is 154 Å². The lowest BCUT2D eigenvalue weighted by Crippen LogP contribution is -2.34. The van der Waals surface area contributed by atoms with Crippen LogP contribution in [0.15, 0.2) is 36.5 Å². The van der Waals surface area contributed by atoms with Crippen molar-refractivity contribution in [3.63, 3.8) is 0 Å². The number of halogens is 3. The van der Waals surface area contributed by atoms with E-state index in [1.165, 1.54) is 12.1 Å². The number of hydrogen-bond acceptors (Lipinski definition) is 4. The molecule has 1 atom stereocenters. The molecule has 2 N–H and O–H groups in total. The second kappa shape index (κ2) is 7.77. The molecule has 1 aliphatic rings. The fourth-order valence-corrected chi connectivity index (χ4v) is 2.97. The lowest BCUT2D eigenvalue weighted by Gasteiger charge is -2.19. The molecule has 2 amide bonds. The Balaban J connectivity index is 1.45. The molecule has 2 heterocycles. The zero-order valence-corrected chi connectivity index (χ0v) is 14.7. The number of ether oxygens (including phenoxy) is 1. The largest absolute Gasteiger partial charge is 0.573 e. The van der Waals surface area contributed by atoms with Crippen molar-refractivity contribution in [1.82, 2.24) is 15.1 Å². The van der Waals surface area contributed by atoms with E-state index in [0.29, 0.717) is 18.9 Å². The Morgan fingerprint density at radius 1 is 1.30 bits per heavy atom. The number of carbonyl (C=O) groups excluding carboxylic acids is 1. The number of nitrogens with zero attached hydrogens (tertiary/aromatic N) is 3. The number of nitrogens with one attached hydrogen (secondary N) is 2. The first-order valence-corrected chi connectivity index (χ1v) is 8.44. The number of amides is 2. The van der Waals surface area contributed by atoms with Gasteiger partial charge >= 0.3 is 12.4 Å². The Hall–Kier alpha value is -2.91. The maximum Gasteiger partial charge on any atom is 0.573 e. The minimum absolute atomic E-state index is 0.241. The van der Waals surface area contributed by atoms with Gasteiger partial charge in [0.25, 0.3) is 0 Å². The van der Waals surface area contributed by atoms with Crippen LogP contribution < -0.4 is 20.3 Å². The highest BCUT2D eigenvalue weighted by Crippen LogP contribution is 2.28. The summed E-state index contributed by atoms with van der Waals surface area (Å²) in [6.45, 7) is 1.99. The minimum atomic E-state index is -4.69. The fraction of sp³-hybridized carbons (Fsp3) is 0.412. The van der Waals surface area contributed by atoms with Crippen molar-refractivity contribution in [2.24, 2.45) is 13.0 Å². The van der Waals surface area contributed by atoms with Crippen LogP contribution in [-0.2, 0) is 7.05 Å². The third kappa shape index (κ3) is 5.53. The van der Waals surface area contributed by atoms with E-state index in [1.54, 1.807) is 36.1 Å². The number of benzene rings is 1. The van der Waals surface area contributed by atoms with Crippen molar-refractivity contribution in [2.45, 2.75) is 12.8 Å². The highest BCUT2D eigenvalue weighted by molar-refractivity contribution is 5.88. The summed E-state index contributed by atoms with van der Waals surface area (Å²) in [5.74, 6) is 0.490. The first-order chi connectivity index (χ1) is 12.8. The number of alkyl halides is 3. The van der Waals surface area contributed by atoms with Crippen molar-refractivity contribution >= 4 is 17.5 Å². The van der Waals surface area contributed by atoms with E-state index in [4.69, 9.17) is 0 Å². The molecule has 2 aromatic rings. The minimum Gasteiger partial charge on any atom is -0.406 e. The van der Waals surface area contributed by atoms with Gasteiger partial charge in [-0.15, -0.1) is 13.2 Å². The topological polar surface area (TPSA) is 71.4 Å². The van der Waals surface area contributed by atoms with Gasteiger partial charge in [-0.25, -0.2) is 4.79 Å². The molecular weight excluding hydrogens is 363 g/mol. The van der Waals surface area contributed by atoms with Gasteiger partial charge in [-0.3, -0.25) is 10.00 Å². The molecule has 0 spiro atoms. The van der Waals surface area contributed by atoms with Crippen LogP contribution in [0.3, 0.4) is 0 Å². The van der Waals surface area contributed by atoms with Crippen LogP contribution in [0.1, 0.15) is 6.42 Å². The van der Waals surface area contributed by atoms with Gasteiger partial charge in [-0.2, -0.15) is 5.10 Å². The van der Waals surface area contributed by atoms with Crippen LogP contribution >= 0.6 is 0 Å². The van der Waals surface area contributed by atoms with E-state index in [0.717, 1.165) is 18.7 Å². The lowest BCUT2D eigenvalue weighted by atomic mass is 10.1. The first-order valence-electron chi connectivity index (χ1n) is 8.44. The van der Waals surface area contributed by atoms with Gasteiger partial charge in [-0.05, 0) is 36.6 Å². The third-order valence-electron chi connectivity index (χ3n) is 4.23. The summed E-state index contributed by atoms with van der Waals surface area (Å²) in [5, 5.41) is 9.54. The molecule has 1 unspecified atom stereocenters. The van der Waals surface area contributed by atoms with Gasteiger partial charge in [-0.1, -0.05) is 0 Å². The normalized spacial score (nSPS) is 17.0. The number of urea groups is 1. The van der Waals surface area contributed by atoms with E-state index in [2.05, 4.69) is 25.4 Å². The van der Waals surface area contributed by atoms with Crippen molar-refractivity contribution in [2.75, 3.05) is 29.9 Å². The smallest absolute Gasteiger partial charge is 0.406 e. The summed E-state index contributed by atoms with van der Waals surface area (Å²) in [5.41, 5.74) is 0.824. The molecule has 27 heavy (non-hydrogen) atoms. The Morgan fingerprint density at radius 2 is 2.04 bits per heavy atom. The SMILES string of the molecule is Cn1ccc(NC(=O)NCC2CCN(c3ccc(OC(F)(F)F)cc3)C2)n1. The van der Waals surface area contributed by atoms with E-state index in [1.807, 2.05) is 0 Å². The van der Waals surface area contributed by atoms with Gasteiger partial charge in [0.05, 0.1) is 0 Å². The number of aryl methyl sites for hydroxylation is 1. The summed E-state index contributed by atoms with van der Waals surface area (Å²) in [7, 11) is 1.76. The zero-order valence-electron chi connectivity index (χ0n) is 14.7. The number of hydrogen-bond donors (Lipinski definition) is 2. The molecule has 1 fully saturated rings. The quantitative estimate of drug-likeness (QED) is 0.833. The van der Waals surface area contributed by atoms with Gasteiger partial charge < -0.3 is 15.0 Å². The third-order valence-corrected chi connectivity index (χ3v) is 4.23. The summed E-state index contributed by atoms with van der Waals surface area (Å²) in [6, 6.07) is 7.18. The molecule has 1 aromatic heterocycles. The molecule has 1 aromatic carbocycles. The monoisotopic (exact) mass is 383 g/mol. The molecular formula is C17H20F3N5O2. The van der Waals surface area contributed by atoms with Crippen LogP contribution in [-0.4, -0.2) is 41.8 Å². The maximum atomic E-state index is 12.2. The van der Waals surface area contributed by atoms with E-state index in [-0.39, 0.29) is 17.7 Å².